The summed E-state index contributed by atoms with van der Waals surface area (Å²) < 4.78 is 0. The Kier molecular flexibility index (Phi) is 4.05. The summed E-state index contributed by atoms with van der Waals surface area (Å²) in [5.41, 5.74) is -0.666. The van der Waals surface area contributed by atoms with Gasteiger partial charge in [0, 0.05) is 6.04 Å². The Morgan fingerprint density at radius 2 is 2.12 bits per heavy atom. The molecule has 1 heterocycles. The Bertz CT molecular complexity index is 273. The van der Waals surface area contributed by atoms with E-state index in [0.29, 0.717) is 6.04 Å². The van der Waals surface area contributed by atoms with E-state index >= 15 is 0 Å². The van der Waals surface area contributed by atoms with Crippen LogP contribution >= 0.6 is 0 Å². The summed E-state index contributed by atoms with van der Waals surface area (Å²) in [6.07, 6.45) is 6.30. The number of rotatable bonds is 4. The number of nitrogens with one attached hydrogen (secondary N) is 1. The van der Waals surface area contributed by atoms with E-state index in [2.05, 4.69) is 10.2 Å². The van der Waals surface area contributed by atoms with Crippen LogP contribution in [0.4, 0.5) is 0 Å². The maximum Gasteiger partial charge on any atom is 0.323 e. The molecule has 4 heteroatoms. The lowest BCUT2D eigenvalue weighted by Crippen LogP contribution is -2.58. The predicted molar refractivity (Wildman–Crippen MR) is 67.1 cm³/mol. The Morgan fingerprint density at radius 3 is 2.71 bits per heavy atom. The second-order valence-corrected chi connectivity index (χ2v) is 5.41. The summed E-state index contributed by atoms with van der Waals surface area (Å²) in [6.45, 7) is 5.04. The minimum Gasteiger partial charge on any atom is -0.480 e. The smallest absolute Gasteiger partial charge is 0.323 e. The van der Waals surface area contributed by atoms with Gasteiger partial charge in [-0.2, -0.15) is 0 Å². The molecule has 2 rings (SSSR count). The molecule has 0 aromatic heterocycles. The maximum absolute atomic E-state index is 11.5. The Labute approximate surface area is 103 Å². The molecule has 1 saturated carbocycles. The van der Waals surface area contributed by atoms with Gasteiger partial charge < -0.3 is 15.3 Å². The number of likely N-dealkylation sites (N-methyl/N-ethyl adjacent to an activating group) is 1. The van der Waals surface area contributed by atoms with E-state index in [1.807, 2.05) is 6.92 Å². The number of hydrogen-bond acceptors (Lipinski definition) is 3. The lowest BCUT2D eigenvalue weighted by Gasteiger charge is -2.41. The second-order valence-electron chi connectivity index (χ2n) is 5.41. The molecule has 0 radical (unpaired) electrons. The number of carboxylic acid groups (broad SMARTS) is 1. The van der Waals surface area contributed by atoms with Crippen molar-refractivity contribution in [1.29, 1.82) is 0 Å². The number of carboxylic acids is 1. The first-order valence-corrected chi connectivity index (χ1v) is 6.90. The SMILES string of the molecule is CCNC1(C(=O)O)CCCC(N2CCCC2)C1. The van der Waals surface area contributed by atoms with Crippen molar-refractivity contribution < 1.29 is 9.90 Å². The molecule has 1 saturated heterocycles. The molecule has 1 aliphatic carbocycles. The van der Waals surface area contributed by atoms with Crippen molar-refractivity contribution in [2.45, 2.75) is 57.0 Å². The van der Waals surface area contributed by atoms with E-state index in [1.165, 1.54) is 19.3 Å². The van der Waals surface area contributed by atoms with Gasteiger partial charge in [0.25, 0.3) is 0 Å². The van der Waals surface area contributed by atoms with Gasteiger partial charge in [0.15, 0.2) is 0 Å². The van der Waals surface area contributed by atoms with Gasteiger partial charge in [-0.1, -0.05) is 6.92 Å². The highest BCUT2D eigenvalue weighted by Crippen LogP contribution is 2.33. The zero-order valence-electron chi connectivity index (χ0n) is 10.7. The summed E-state index contributed by atoms with van der Waals surface area (Å²) in [4.78, 5) is 14.0. The molecule has 2 N–H and O–H groups in total. The van der Waals surface area contributed by atoms with E-state index in [4.69, 9.17) is 0 Å². The van der Waals surface area contributed by atoms with Crippen LogP contribution in [-0.2, 0) is 4.79 Å². The first-order chi connectivity index (χ1) is 8.18. The molecule has 4 nitrogen and oxygen atoms in total. The van der Waals surface area contributed by atoms with Crippen molar-refractivity contribution in [3.8, 4) is 0 Å². The minimum atomic E-state index is -0.666. The highest BCUT2D eigenvalue weighted by atomic mass is 16.4. The maximum atomic E-state index is 11.5. The molecule has 17 heavy (non-hydrogen) atoms. The molecule has 2 aliphatic rings. The van der Waals surface area contributed by atoms with Gasteiger partial charge in [-0.15, -0.1) is 0 Å². The third kappa shape index (κ3) is 2.63. The normalized spacial score (nSPS) is 35.0. The fourth-order valence-electron chi connectivity index (χ4n) is 3.43. The van der Waals surface area contributed by atoms with Gasteiger partial charge in [-0.3, -0.25) is 4.79 Å². The molecule has 2 atom stereocenters. The Hall–Kier alpha value is -0.610. The van der Waals surface area contributed by atoms with Crippen LogP contribution in [0.2, 0.25) is 0 Å². The molecule has 98 valence electrons. The first-order valence-electron chi connectivity index (χ1n) is 6.90. The van der Waals surface area contributed by atoms with E-state index < -0.39 is 11.5 Å². The lowest BCUT2D eigenvalue weighted by molar-refractivity contribution is -0.147. The largest absolute Gasteiger partial charge is 0.480 e. The third-order valence-electron chi connectivity index (χ3n) is 4.31. The standard InChI is InChI=1S/C13H24N2O2/c1-2-14-13(12(16)17)7-5-6-11(10-13)15-8-3-4-9-15/h11,14H,2-10H2,1H3,(H,16,17). The monoisotopic (exact) mass is 240 g/mol. The van der Waals surface area contributed by atoms with E-state index in [-0.39, 0.29) is 0 Å². The highest BCUT2D eigenvalue weighted by molar-refractivity contribution is 5.79. The fraction of sp³-hybridized carbons (Fsp3) is 0.923. The predicted octanol–water partition coefficient (Wildman–Crippen LogP) is 1.46. The number of likely N-dealkylation sites (tertiary alicyclic amines) is 1. The van der Waals surface area contributed by atoms with Crippen molar-refractivity contribution in [3.63, 3.8) is 0 Å². The van der Waals surface area contributed by atoms with Crippen LogP contribution in [0.3, 0.4) is 0 Å². The molecule has 2 fully saturated rings. The number of carbonyl (C=O) groups is 1. The molecule has 0 spiro atoms. The third-order valence-corrected chi connectivity index (χ3v) is 4.31. The Morgan fingerprint density at radius 1 is 1.41 bits per heavy atom. The molecule has 0 bridgehead atoms. The fourth-order valence-corrected chi connectivity index (χ4v) is 3.43. The van der Waals surface area contributed by atoms with E-state index in [9.17, 15) is 9.90 Å². The molecule has 0 aromatic rings. The van der Waals surface area contributed by atoms with Crippen LogP contribution < -0.4 is 5.32 Å². The lowest BCUT2D eigenvalue weighted by atomic mass is 9.78. The van der Waals surface area contributed by atoms with E-state index in [1.54, 1.807) is 0 Å². The summed E-state index contributed by atoms with van der Waals surface area (Å²) in [7, 11) is 0. The van der Waals surface area contributed by atoms with Crippen molar-refractivity contribution in [2.24, 2.45) is 0 Å². The van der Waals surface area contributed by atoms with E-state index in [0.717, 1.165) is 38.9 Å². The van der Waals surface area contributed by atoms with Gasteiger partial charge in [0.2, 0.25) is 0 Å². The number of aliphatic carboxylic acids is 1. The average Bonchev–Trinajstić information content (AvgIpc) is 2.83. The van der Waals surface area contributed by atoms with Crippen LogP contribution in [0.25, 0.3) is 0 Å². The molecule has 1 aliphatic heterocycles. The molecule has 0 aromatic carbocycles. The summed E-state index contributed by atoms with van der Waals surface area (Å²) in [5.74, 6) is -0.664. The average molecular weight is 240 g/mol. The molecule has 2 unspecified atom stereocenters. The molecular weight excluding hydrogens is 216 g/mol. The quantitative estimate of drug-likeness (QED) is 0.781. The highest BCUT2D eigenvalue weighted by Gasteiger charge is 2.43. The van der Waals surface area contributed by atoms with Gasteiger partial charge >= 0.3 is 5.97 Å². The van der Waals surface area contributed by atoms with Crippen LogP contribution in [0.15, 0.2) is 0 Å². The zero-order valence-corrected chi connectivity index (χ0v) is 10.7. The number of hydrogen-bond donors (Lipinski definition) is 2. The van der Waals surface area contributed by atoms with Crippen molar-refractivity contribution >= 4 is 5.97 Å². The van der Waals surface area contributed by atoms with Crippen LogP contribution in [0.1, 0.15) is 45.4 Å². The van der Waals surface area contributed by atoms with Gasteiger partial charge in [-0.25, -0.2) is 0 Å². The van der Waals surface area contributed by atoms with Crippen LogP contribution in [0.5, 0.6) is 0 Å². The molecule has 0 amide bonds. The Balaban J connectivity index is 2.05. The van der Waals surface area contributed by atoms with Gasteiger partial charge in [0.05, 0.1) is 0 Å². The number of nitrogens with zero attached hydrogens (tertiary/aromatic N) is 1. The van der Waals surface area contributed by atoms with Crippen molar-refractivity contribution in [2.75, 3.05) is 19.6 Å². The summed E-state index contributed by atoms with van der Waals surface area (Å²) in [6, 6.07) is 0.474. The summed E-state index contributed by atoms with van der Waals surface area (Å²) in [5, 5.41) is 12.7. The van der Waals surface area contributed by atoms with Gasteiger partial charge in [0.1, 0.15) is 5.54 Å². The topological polar surface area (TPSA) is 52.6 Å². The minimum absolute atomic E-state index is 0.474. The summed E-state index contributed by atoms with van der Waals surface area (Å²) >= 11 is 0. The zero-order chi connectivity index (χ0) is 12.3. The van der Waals surface area contributed by atoms with Crippen molar-refractivity contribution in [3.05, 3.63) is 0 Å². The molecular formula is C13H24N2O2. The van der Waals surface area contributed by atoms with Crippen LogP contribution in [-0.4, -0.2) is 47.2 Å². The van der Waals surface area contributed by atoms with Gasteiger partial charge in [-0.05, 0) is 58.2 Å². The first kappa shape index (κ1) is 12.8. The van der Waals surface area contributed by atoms with Crippen LogP contribution in [0, 0.1) is 0 Å². The van der Waals surface area contributed by atoms with Crippen molar-refractivity contribution in [1.82, 2.24) is 10.2 Å². The second kappa shape index (κ2) is 5.36.